The number of hydrogen-bond acceptors (Lipinski definition) is 8. The van der Waals surface area contributed by atoms with Crippen LogP contribution in [0.15, 0.2) is 86.3 Å². The lowest BCUT2D eigenvalue weighted by atomic mass is 9.84. The van der Waals surface area contributed by atoms with Crippen molar-refractivity contribution in [3.8, 4) is 0 Å². The van der Waals surface area contributed by atoms with Crippen LogP contribution in [-0.2, 0) is 16.1 Å². The number of rotatable bonds is 4. The first kappa shape index (κ1) is 23.8. The van der Waals surface area contributed by atoms with Gasteiger partial charge in [-0.1, -0.05) is 83.3 Å². The van der Waals surface area contributed by atoms with Crippen LogP contribution in [0.4, 0.5) is 10.8 Å². The Balaban J connectivity index is 1.45. The Morgan fingerprint density at radius 1 is 0.974 bits per heavy atom. The van der Waals surface area contributed by atoms with Gasteiger partial charge in [-0.25, -0.2) is 0 Å². The number of para-hydroxylation sites is 1. The summed E-state index contributed by atoms with van der Waals surface area (Å²) in [6.45, 7) is 1.87. The standard InChI is InChI=1S/C29H20N4O4S2/c1-16-12-13-21-18(14-16)23(34)22-24(37-21)25(35)33(29(22)19-10-6-7-11-20(19)32(2)26(29)36)27-30-31-28(39-27)38-15-17-8-4-3-5-9-17/h3-14H,15H2,1-2H3. The second kappa shape index (κ2) is 8.62. The molecule has 0 fully saturated rings. The summed E-state index contributed by atoms with van der Waals surface area (Å²) in [5.41, 5.74) is 1.27. The van der Waals surface area contributed by atoms with Crippen LogP contribution in [0.3, 0.4) is 0 Å². The van der Waals surface area contributed by atoms with Crippen molar-refractivity contribution in [2.75, 3.05) is 16.8 Å². The third-order valence-corrected chi connectivity index (χ3v) is 9.31. The molecule has 1 spiro atoms. The average Bonchev–Trinajstić information content (AvgIpc) is 3.58. The summed E-state index contributed by atoms with van der Waals surface area (Å²) in [5, 5.41) is 9.21. The molecule has 0 saturated carbocycles. The minimum absolute atomic E-state index is 0.0149. The first-order valence-electron chi connectivity index (χ1n) is 12.2. The molecule has 0 radical (unpaired) electrons. The molecule has 4 heterocycles. The van der Waals surface area contributed by atoms with Gasteiger partial charge in [-0.15, -0.1) is 10.2 Å². The number of nitrogens with zero attached hydrogens (tertiary/aromatic N) is 4. The van der Waals surface area contributed by atoms with E-state index in [9.17, 15) is 14.4 Å². The second-order valence-corrected chi connectivity index (χ2v) is 11.7. The summed E-state index contributed by atoms with van der Waals surface area (Å²) in [5.74, 6) is -0.504. The molecule has 0 bridgehead atoms. The predicted molar refractivity (Wildman–Crippen MR) is 151 cm³/mol. The molecule has 1 unspecified atom stereocenters. The fourth-order valence-corrected chi connectivity index (χ4v) is 7.30. The Kier molecular flexibility index (Phi) is 5.26. The van der Waals surface area contributed by atoms with E-state index in [1.807, 2.05) is 49.4 Å². The van der Waals surface area contributed by atoms with Crippen molar-refractivity contribution < 1.29 is 14.0 Å². The van der Waals surface area contributed by atoms with E-state index in [0.717, 1.165) is 11.1 Å². The topological polar surface area (TPSA) is 96.6 Å². The van der Waals surface area contributed by atoms with Gasteiger partial charge in [-0.05, 0) is 30.7 Å². The summed E-state index contributed by atoms with van der Waals surface area (Å²) in [4.78, 5) is 45.3. The molecular formula is C29H20N4O4S2. The number of fused-ring (bicyclic) bond motifs is 5. The monoisotopic (exact) mass is 552 g/mol. The molecule has 7 rings (SSSR count). The molecule has 0 aliphatic carbocycles. The lowest BCUT2D eigenvalue weighted by molar-refractivity contribution is -0.121. The van der Waals surface area contributed by atoms with Gasteiger partial charge in [0.2, 0.25) is 10.9 Å². The smallest absolute Gasteiger partial charge is 0.297 e. The van der Waals surface area contributed by atoms with Crippen LogP contribution in [-0.4, -0.2) is 29.1 Å². The number of benzene rings is 3. The number of carbonyl (C=O) groups is 2. The van der Waals surface area contributed by atoms with E-state index in [-0.39, 0.29) is 22.0 Å². The quantitative estimate of drug-likeness (QED) is 0.225. The maximum absolute atomic E-state index is 14.3. The fraction of sp³-hybridized carbons (Fsp3) is 0.138. The maximum Gasteiger partial charge on any atom is 0.297 e. The van der Waals surface area contributed by atoms with Crippen molar-refractivity contribution in [3.63, 3.8) is 0 Å². The second-order valence-electron chi connectivity index (χ2n) is 9.49. The zero-order valence-electron chi connectivity index (χ0n) is 20.9. The average molecular weight is 553 g/mol. The summed E-state index contributed by atoms with van der Waals surface area (Å²) >= 11 is 2.70. The molecule has 10 heteroatoms. The number of amides is 2. The minimum atomic E-state index is -1.75. The van der Waals surface area contributed by atoms with E-state index >= 15 is 0 Å². The Bertz CT molecular complexity index is 1880. The molecule has 2 aliphatic heterocycles. The van der Waals surface area contributed by atoms with Crippen molar-refractivity contribution >= 4 is 56.7 Å². The highest BCUT2D eigenvalue weighted by atomic mass is 32.2. The van der Waals surface area contributed by atoms with Crippen molar-refractivity contribution in [2.45, 2.75) is 22.6 Å². The third kappa shape index (κ3) is 3.28. The number of aromatic nitrogens is 2. The Hall–Kier alpha value is -4.28. The molecule has 5 aromatic rings. The number of aryl methyl sites for hydroxylation is 1. The lowest BCUT2D eigenvalue weighted by Crippen LogP contribution is -2.53. The van der Waals surface area contributed by atoms with Gasteiger partial charge >= 0.3 is 0 Å². The number of thioether (sulfide) groups is 1. The molecule has 2 aromatic heterocycles. The maximum atomic E-state index is 14.3. The van der Waals surface area contributed by atoms with Gasteiger partial charge in [0.05, 0.1) is 10.9 Å². The molecule has 0 N–H and O–H groups in total. The molecule has 0 saturated heterocycles. The molecule has 2 amide bonds. The van der Waals surface area contributed by atoms with Gasteiger partial charge in [0.1, 0.15) is 5.58 Å². The van der Waals surface area contributed by atoms with Crippen molar-refractivity contribution in [1.29, 1.82) is 0 Å². The van der Waals surface area contributed by atoms with Gasteiger partial charge in [0.15, 0.2) is 15.3 Å². The highest BCUT2D eigenvalue weighted by molar-refractivity contribution is 8.00. The zero-order valence-corrected chi connectivity index (χ0v) is 22.5. The minimum Gasteiger partial charge on any atom is -0.450 e. The number of anilines is 2. The van der Waals surface area contributed by atoms with Crippen LogP contribution in [0.1, 0.15) is 32.8 Å². The van der Waals surface area contributed by atoms with E-state index in [1.165, 1.54) is 32.9 Å². The Labute approximate surface area is 230 Å². The van der Waals surface area contributed by atoms with E-state index in [0.29, 0.717) is 26.7 Å². The number of likely N-dealkylation sites (N-methyl/N-ethyl adjacent to an activating group) is 1. The highest BCUT2D eigenvalue weighted by Crippen LogP contribution is 2.54. The normalized spacial score (nSPS) is 17.9. The number of hydrogen-bond donors (Lipinski definition) is 0. The summed E-state index contributed by atoms with van der Waals surface area (Å²) < 4.78 is 6.73. The Morgan fingerprint density at radius 2 is 1.74 bits per heavy atom. The van der Waals surface area contributed by atoms with Crippen molar-refractivity contribution in [1.82, 2.24) is 10.2 Å². The van der Waals surface area contributed by atoms with Crippen LogP contribution in [0, 0.1) is 6.92 Å². The zero-order chi connectivity index (χ0) is 26.9. The van der Waals surface area contributed by atoms with E-state index in [4.69, 9.17) is 4.42 Å². The van der Waals surface area contributed by atoms with Crippen LogP contribution in [0.5, 0.6) is 0 Å². The van der Waals surface area contributed by atoms with Crippen LogP contribution < -0.4 is 15.2 Å². The van der Waals surface area contributed by atoms with Crippen molar-refractivity contribution in [3.05, 3.63) is 111 Å². The molecular weight excluding hydrogens is 532 g/mol. The predicted octanol–water partition coefficient (Wildman–Crippen LogP) is 5.13. The molecule has 3 aromatic carbocycles. The fourth-order valence-electron chi connectivity index (χ4n) is 5.45. The van der Waals surface area contributed by atoms with Crippen molar-refractivity contribution in [2.24, 2.45) is 0 Å². The third-order valence-electron chi connectivity index (χ3n) is 7.20. The van der Waals surface area contributed by atoms with Gasteiger partial charge in [0.25, 0.3) is 11.8 Å². The number of carbonyl (C=O) groups excluding carboxylic acids is 2. The first-order valence-corrected chi connectivity index (χ1v) is 14.0. The molecule has 8 nitrogen and oxygen atoms in total. The Morgan fingerprint density at radius 3 is 2.56 bits per heavy atom. The molecule has 192 valence electrons. The molecule has 2 aliphatic rings. The van der Waals surface area contributed by atoms with Gasteiger partial charge in [-0.2, -0.15) is 0 Å². The van der Waals surface area contributed by atoms with Gasteiger partial charge in [-0.3, -0.25) is 19.3 Å². The first-order chi connectivity index (χ1) is 18.9. The van der Waals surface area contributed by atoms with Crippen LogP contribution >= 0.6 is 23.1 Å². The largest absolute Gasteiger partial charge is 0.450 e. The molecule has 1 atom stereocenters. The summed E-state index contributed by atoms with van der Waals surface area (Å²) in [7, 11) is 1.64. The highest BCUT2D eigenvalue weighted by Gasteiger charge is 2.66. The van der Waals surface area contributed by atoms with E-state index < -0.39 is 22.8 Å². The van der Waals surface area contributed by atoms with Crippen LogP contribution in [0.25, 0.3) is 11.0 Å². The van der Waals surface area contributed by atoms with Gasteiger partial charge in [0, 0.05) is 24.1 Å². The summed E-state index contributed by atoms with van der Waals surface area (Å²) in [6, 6.07) is 22.4. The SMILES string of the molecule is Cc1ccc2oc3c(c(=O)c2c1)C1(C(=O)N(C)c2ccccc21)N(c1nnc(SCc2ccccc2)s1)C3=O. The van der Waals surface area contributed by atoms with E-state index in [2.05, 4.69) is 10.2 Å². The summed E-state index contributed by atoms with van der Waals surface area (Å²) in [6.07, 6.45) is 0. The van der Waals surface area contributed by atoms with Gasteiger partial charge < -0.3 is 9.32 Å². The molecule has 39 heavy (non-hydrogen) atoms. The lowest BCUT2D eigenvalue weighted by Gasteiger charge is -2.31. The van der Waals surface area contributed by atoms with E-state index in [1.54, 1.807) is 37.4 Å². The van der Waals surface area contributed by atoms with Crippen LogP contribution in [0.2, 0.25) is 0 Å².